The Morgan fingerprint density at radius 2 is 1.82 bits per heavy atom. The summed E-state index contributed by atoms with van der Waals surface area (Å²) >= 11 is 4.25. The lowest BCUT2D eigenvalue weighted by Gasteiger charge is -2.17. The molecular weight excluding hydrogens is 462 g/mol. The van der Waals surface area contributed by atoms with Crippen molar-refractivity contribution in [1.82, 2.24) is 14.2 Å². The van der Waals surface area contributed by atoms with Crippen molar-refractivity contribution in [3.8, 4) is 28.6 Å². The normalized spacial score (nSPS) is 14.7. The molecule has 0 saturated heterocycles. The standard InChI is InChI=1S/C23H27N3O5S2/c1-14(2)18-12-15(8-10-19(18)27)22-24-25-23(32)26(22)33(28,29)17-9-11-20(21(13-17)30-3)31-16-6-4-5-7-16/h8-14,16,27H,4-7H2,1-3H3,(H,25,32). The van der Waals surface area contributed by atoms with Crippen LogP contribution in [0.3, 0.4) is 0 Å². The Hall–Kier alpha value is -2.72. The summed E-state index contributed by atoms with van der Waals surface area (Å²) in [6.45, 7) is 3.87. The Morgan fingerprint density at radius 3 is 2.48 bits per heavy atom. The number of ether oxygens (including phenoxy) is 2. The highest BCUT2D eigenvalue weighted by molar-refractivity contribution is 7.90. The molecule has 0 unspecified atom stereocenters. The van der Waals surface area contributed by atoms with E-state index in [9.17, 15) is 13.5 Å². The summed E-state index contributed by atoms with van der Waals surface area (Å²) in [5.74, 6) is 1.12. The van der Waals surface area contributed by atoms with Crippen LogP contribution in [-0.2, 0) is 10.0 Å². The van der Waals surface area contributed by atoms with E-state index in [1.165, 1.54) is 25.3 Å². The molecule has 10 heteroatoms. The monoisotopic (exact) mass is 489 g/mol. The largest absolute Gasteiger partial charge is 0.508 e. The fourth-order valence-electron chi connectivity index (χ4n) is 4.02. The molecule has 0 amide bonds. The second kappa shape index (κ2) is 9.26. The fraction of sp³-hybridized carbons (Fsp3) is 0.391. The lowest BCUT2D eigenvalue weighted by molar-refractivity contribution is 0.200. The average molecular weight is 490 g/mol. The minimum Gasteiger partial charge on any atom is -0.508 e. The van der Waals surface area contributed by atoms with Crippen molar-refractivity contribution in [1.29, 1.82) is 0 Å². The SMILES string of the molecule is COc1cc(S(=O)(=O)n2c(S)nnc2-c2ccc(O)c(C(C)C)c2)ccc1OC1CCCC1. The Labute approximate surface area is 199 Å². The molecule has 0 atom stereocenters. The average Bonchev–Trinajstić information content (AvgIpc) is 3.44. The second-order valence-corrected chi connectivity index (χ2v) is 10.5. The predicted molar refractivity (Wildman–Crippen MR) is 127 cm³/mol. The van der Waals surface area contributed by atoms with Gasteiger partial charge in [-0.1, -0.05) is 13.8 Å². The van der Waals surface area contributed by atoms with Crippen LogP contribution in [-0.4, -0.2) is 40.9 Å². The van der Waals surface area contributed by atoms with Gasteiger partial charge in [-0.3, -0.25) is 0 Å². The Kier molecular flexibility index (Phi) is 6.58. The van der Waals surface area contributed by atoms with Gasteiger partial charge in [0.25, 0.3) is 10.0 Å². The van der Waals surface area contributed by atoms with Crippen molar-refractivity contribution in [2.75, 3.05) is 7.11 Å². The molecule has 0 bridgehead atoms. The van der Waals surface area contributed by atoms with E-state index in [-0.39, 0.29) is 33.6 Å². The lowest BCUT2D eigenvalue weighted by atomic mass is 9.99. The Balaban J connectivity index is 1.76. The van der Waals surface area contributed by atoms with E-state index in [0.29, 0.717) is 22.6 Å². The molecule has 1 fully saturated rings. The van der Waals surface area contributed by atoms with Gasteiger partial charge in [-0.2, -0.15) is 3.97 Å². The molecule has 1 aliphatic rings. The van der Waals surface area contributed by atoms with Crippen LogP contribution in [0.4, 0.5) is 0 Å². The van der Waals surface area contributed by atoms with Gasteiger partial charge in [0.1, 0.15) is 5.75 Å². The maximum Gasteiger partial charge on any atom is 0.271 e. The van der Waals surface area contributed by atoms with Crippen molar-refractivity contribution in [2.24, 2.45) is 0 Å². The van der Waals surface area contributed by atoms with Crippen molar-refractivity contribution in [2.45, 2.75) is 61.6 Å². The Morgan fingerprint density at radius 1 is 1.09 bits per heavy atom. The molecule has 8 nitrogen and oxygen atoms in total. The number of phenolic OH excluding ortho intramolecular Hbond substituents is 1. The van der Waals surface area contributed by atoms with E-state index < -0.39 is 10.0 Å². The molecule has 0 aliphatic heterocycles. The van der Waals surface area contributed by atoms with Crippen LogP contribution in [0.25, 0.3) is 11.4 Å². The van der Waals surface area contributed by atoms with Gasteiger partial charge in [0.05, 0.1) is 18.1 Å². The molecule has 0 radical (unpaired) electrons. The summed E-state index contributed by atoms with van der Waals surface area (Å²) in [6.07, 6.45) is 4.30. The number of thiol groups is 1. The zero-order valence-electron chi connectivity index (χ0n) is 18.7. The second-order valence-electron chi connectivity index (χ2n) is 8.36. The molecule has 1 saturated carbocycles. The number of hydrogen-bond acceptors (Lipinski definition) is 8. The maximum absolute atomic E-state index is 13.6. The smallest absolute Gasteiger partial charge is 0.271 e. The number of hydrogen-bond donors (Lipinski definition) is 2. The number of aromatic nitrogens is 3. The number of phenols is 1. The molecule has 1 aliphatic carbocycles. The predicted octanol–water partition coefficient (Wildman–Crippen LogP) is 4.63. The van der Waals surface area contributed by atoms with Gasteiger partial charge in [0, 0.05) is 11.6 Å². The quantitative estimate of drug-likeness (QED) is 0.466. The van der Waals surface area contributed by atoms with Crippen LogP contribution in [0.5, 0.6) is 17.2 Å². The van der Waals surface area contributed by atoms with Gasteiger partial charge in [-0.25, -0.2) is 8.42 Å². The third-order valence-corrected chi connectivity index (χ3v) is 7.89. The first-order valence-electron chi connectivity index (χ1n) is 10.8. The number of aromatic hydroxyl groups is 1. The number of methoxy groups -OCH3 is 1. The zero-order chi connectivity index (χ0) is 23.8. The van der Waals surface area contributed by atoms with Gasteiger partial charge >= 0.3 is 0 Å². The zero-order valence-corrected chi connectivity index (χ0v) is 20.4. The number of rotatable bonds is 7. The van der Waals surface area contributed by atoms with E-state index >= 15 is 0 Å². The van der Waals surface area contributed by atoms with E-state index in [4.69, 9.17) is 9.47 Å². The minimum atomic E-state index is -4.11. The minimum absolute atomic E-state index is 0.00247. The van der Waals surface area contributed by atoms with Crippen molar-refractivity contribution >= 4 is 22.7 Å². The molecule has 1 heterocycles. The topological polar surface area (TPSA) is 104 Å². The summed E-state index contributed by atoms with van der Waals surface area (Å²) in [7, 11) is -2.63. The summed E-state index contributed by atoms with van der Waals surface area (Å²) in [5.41, 5.74) is 1.18. The summed E-state index contributed by atoms with van der Waals surface area (Å²) in [6, 6.07) is 9.37. The van der Waals surface area contributed by atoms with Crippen LogP contribution in [0, 0.1) is 0 Å². The van der Waals surface area contributed by atoms with E-state index in [1.807, 2.05) is 13.8 Å². The van der Waals surface area contributed by atoms with Crippen LogP contribution in [0.1, 0.15) is 51.0 Å². The van der Waals surface area contributed by atoms with E-state index in [0.717, 1.165) is 29.7 Å². The first-order chi connectivity index (χ1) is 15.7. The first kappa shape index (κ1) is 23.4. The summed E-state index contributed by atoms with van der Waals surface area (Å²) in [4.78, 5) is -0.00247. The van der Waals surface area contributed by atoms with Crippen LogP contribution in [0.15, 0.2) is 46.5 Å². The fourth-order valence-corrected chi connectivity index (χ4v) is 5.81. The third-order valence-electron chi connectivity index (χ3n) is 5.79. The van der Waals surface area contributed by atoms with Crippen LogP contribution in [0.2, 0.25) is 0 Å². The molecule has 0 spiro atoms. The van der Waals surface area contributed by atoms with Gasteiger partial charge in [0.15, 0.2) is 17.3 Å². The molecule has 3 aromatic rings. The van der Waals surface area contributed by atoms with Gasteiger partial charge in [-0.05, 0) is 67.5 Å². The van der Waals surface area contributed by atoms with Gasteiger partial charge in [-0.15, -0.1) is 22.8 Å². The summed E-state index contributed by atoms with van der Waals surface area (Å²) in [5, 5.41) is 18.0. The third kappa shape index (κ3) is 4.54. The molecule has 1 aromatic heterocycles. The van der Waals surface area contributed by atoms with Gasteiger partial charge in [0.2, 0.25) is 5.16 Å². The van der Waals surface area contributed by atoms with Crippen LogP contribution < -0.4 is 9.47 Å². The molecule has 176 valence electrons. The van der Waals surface area contributed by atoms with Crippen molar-refractivity contribution in [3.05, 3.63) is 42.0 Å². The van der Waals surface area contributed by atoms with E-state index in [1.54, 1.807) is 18.2 Å². The molecule has 1 N–H and O–H groups in total. The highest BCUT2D eigenvalue weighted by Gasteiger charge is 2.28. The number of nitrogens with zero attached hydrogens (tertiary/aromatic N) is 3. The maximum atomic E-state index is 13.6. The molecular formula is C23H27N3O5S2. The highest BCUT2D eigenvalue weighted by Crippen LogP contribution is 2.36. The molecule has 2 aromatic carbocycles. The van der Waals surface area contributed by atoms with E-state index in [2.05, 4.69) is 22.8 Å². The summed E-state index contributed by atoms with van der Waals surface area (Å²) < 4.78 is 39.7. The van der Waals surface area contributed by atoms with Crippen LogP contribution >= 0.6 is 12.6 Å². The number of benzene rings is 2. The Bertz CT molecular complexity index is 1270. The van der Waals surface area contributed by atoms with Crippen molar-refractivity contribution in [3.63, 3.8) is 0 Å². The van der Waals surface area contributed by atoms with Gasteiger partial charge < -0.3 is 14.6 Å². The molecule has 4 rings (SSSR count). The highest BCUT2D eigenvalue weighted by atomic mass is 32.2. The first-order valence-corrected chi connectivity index (χ1v) is 12.7. The molecule has 33 heavy (non-hydrogen) atoms. The lowest BCUT2D eigenvalue weighted by Crippen LogP contribution is -2.16. The van der Waals surface area contributed by atoms with Crippen molar-refractivity contribution < 1.29 is 23.0 Å².